The number of nitrogens with one attached hydrogen (secondary N) is 2. The zero-order chi connectivity index (χ0) is 17.6. The van der Waals surface area contributed by atoms with Gasteiger partial charge in [0.2, 0.25) is 5.95 Å². The molecule has 0 aliphatic carbocycles. The maximum atomic E-state index is 4.70. The van der Waals surface area contributed by atoms with Crippen LogP contribution in [0.5, 0.6) is 0 Å². The first-order valence-corrected chi connectivity index (χ1v) is 9.57. The number of hydrogen-bond acceptors (Lipinski definition) is 5. The molecular weight excluding hydrogens is 340 g/mol. The first kappa shape index (κ1) is 16.5. The quantitative estimate of drug-likeness (QED) is 0.489. The van der Waals surface area contributed by atoms with E-state index in [2.05, 4.69) is 63.5 Å². The van der Waals surface area contributed by atoms with Crippen molar-refractivity contribution in [1.82, 2.24) is 9.97 Å². The van der Waals surface area contributed by atoms with Crippen LogP contribution in [0.15, 0.2) is 72.1 Å². The van der Waals surface area contributed by atoms with Crippen LogP contribution in [0.2, 0.25) is 0 Å². The van der Waals surface area contributed by atoms with Gasteiger partial charge in [-0.15, -0.1) is 11.3 Å². The Bertz CT molecular complexity index is 968. The lowest BCUT2D eigenvalue weighted by Crippen LogP contribution is -2.10. The molecule has 0 saturated carbocycles. The number of para-hydroxylation sites is 1. The van der Waals surface area contributed by atoms with Crippen molar-refractivity contribution in [2.24, 2.45) is 0 Å². The monoisotopic (exact) mass is 360 g/mol. The molecule has 2 aromatic heterocycles. The Morgan fingerprint density at radius 3 is 2.50 bits per heavy atom. The van der Waals surface area contributed by atoms with Crippen molar-refractivity contribution >= 4 is 34.0 Å². The summed E-state index contributed by atoms with van der Waals surface area (Å²) < 4.78 is 0. The van der Waals surface area contributed by atoms with Crippen molar-refractivity contribution in [1.29, 1.82) is 0 Å². The third-order valence-corrected chi connectivity index (χ3v) is 5.03. The first-order chi connectivity index (χ1) is 12.9. The van der Waals surface area contributed by atoms with Gasteiger partial charge in [0.05, 0.1) is 12.1 Å². The topological polar surface area (TPSA) is 49.8 Å². The SMILES string of the molecule is c1ccc(CCNc2nc(NCc3cccs3)c3ccccc3n2)cc1. The number of aromatic nitrogens is 2. The van der Waals surface area contributed by atoms with Gasteiger partial charge < -0.3 is 10.6 Å². The van der Waals surface area contributed by atoms with Crippen molar-refractivity contribution in [2.75, 3.05) is 17.2 Å². The fourth-order valence-electron chi connectivity index (χ4n) is 2.84. The highest BCUT2D eigenvalue weighted by molar-refractivity contribution is 7.09. The predicted molar refractivity (Wildman–Crippen MR) is 110 cm³/mol. The molecule has 0 bridgehead atoms. The van der Waals surface area contributed by atoms with Crippen LogP contribution < -0.4 is 10.6 Å². The van der Waals surface area contributed by atoms with Crippen LogP contribution in [-0.2, 0) is 13.0 Å². The zero-order valence-corrected chi connectivity index (χ0v) is 15.2. The normalized spacial score (nSPS) is 10.8. The molecule has 2 heterocycles. The largest absolute Gasteiger partial charge is 0.364 e. The number of benzene rings is 2. The molecule has 2 N–H and O–H groups in total. The Balaban J connectivity index is 1.51. The van der Waals surface area contributed by atoms with E-state index >= 15 is 0 Å². The van der Waals surface area contributed by atoms with Gasteiger partial charge in [-0.1, -0.05) is 48.5 Å². The maximum absolute atomic E-state index is 4.70. The summed E-state index contributed by atoms with van der Waals surface area (Å²) in [4.78, 5) is 10.6. The summed E-state index contributed by atoms with van der Waals surface area (Å²) in [6.07, 6.45) is 0.939. The van der Waals surface area contributed by atoms with Gasteiger partial charge in [-0.05, 0) is 35.6 Å². The molecule has 4 aromatic rings. The van der Waals surface area contributed by atoms with Crippen LogP contribution in [0.25, 0.3) is 10.9 Å². The molecule has 4 nitrogen and oxygen atoms in total. The number of hydrogen-bond donors (Lipinski definition) is 2. The van der Waals surface area contributed by atoms with Gasteiger partial charge in [-0.3, -0.25) is 0 Å². The molecule has 0 aliphatic heterocycles. The second-order valence-corrected chi connectivity index (χ2v) is 7.04. The summed E-state index contributed by atoms with van der Waals surface area (Å²) in [5, 5.41) is 9.95. The Morgan fingerprint density at radius 1 is 0.808 bits per heavy atom. The Labute approximate surface area is 157 Å². The van der Waals surface area contributed by atoms with E-state index in [1.54, 1.807) is 11.3 Å². The Morgan fingerprint density at radius 2 is 1.65 bits per heavy atom. The lowest BCUT2D eigenvalue weighted by atomic mass is 10.1. The van der Waals surface area contributed by atoms with Gasteiger partial charge in [0.25, 0.3) is 0 Å². The lowest BCUT2D eigenvalue weighted by molar-refractivity contribution is 0.988. The van der Waals surface area contributed by atoms with E-state index in [0.717, 1.165) is 36.2 Å². The summed E-state index contributed by atoms with van der Waals surface area (Å²) in [6, 6.07) is 22.7. The predicted octanol–water partition coefficient (Wildman–Crippen LogP) is 4.96. The highest BCUT2D eigenvalue weighted by atomic mass is 32.1. The molecule has 0 fully saturated rings. The van der Waals surface area contributed by atoms with Gasteiger partial charge >= 0.3 is 0 Å². The standard InChI is InChI=1S/C21H20N4S/c1-2-7-16(8-3-1)12-13-22-21-24-19-11-5-4-10-18(19)20(25-21)23-15-17-9-6-14-26-17/h1-11,14H,12-13,15H2,(H2,22,23,24,25). The van der Waals surface area contributed by atoms with Crippen molar-refractivity contribution < 1.29 is 0 Å². The fraction of sp³-hybridized carbons (Fsp3) is 0.143. The molecule has 5 heteroatoms. The number of anilines is 2. The van der Waals surface area contributed by atoms with E-state index in [1.807, 2.05) is 24.3 Å². The number of rotatable bonds is 7. The van der Waals surface area contributed by atoms with E-state index in [1.165, 1.54) is 10.4 Å². The van der Waals surface area contributed by atoms with Crippen LogP contribution in [0, 0.1) is 0 Å². The highest BCUT2D eigenvalue weighted by Gasteiger charge is 2.07. The molecule has 0 atom stereocenters. The summed E-state index contributed by atoms with van der Waals surface area (Å²) in [7, 11) is 0. The second kappa shape index (κ2) is 7.97. The third kappa shape index (κ3) is 4.00. The average molecular weight is 360 g/mol. The van der Waals surface area contributed by atoms with E-state index in [-0.39, 0.29) is 0 Å². The van der Waals surface area contributed by atoms with Crippen LogP contribution in [-0.4, -0.2) is 16.5 Å². The lowest BCUT2D eigenvalue weighted by Gasteiger charge is -2.11. The summed E-state index contributed by atoms with van der Waals surface area (Å²) in [5.74, 6) is 1.53. The molecule has 26 heavy (non-hydrogen) atoms. The molecule has 0 spiro atoms. The zero-order valence-electron chi connectivity index (χ0n) is 14.4. The molecule has 0 radical (unpaired) electrons. The minimum atomic E-state index is 0.660. The van der Waals surface area contributed by atoms with Crippen molar-refractivity contribution in [3.8, 4) is 0 Å². The van der Waals surface area contributed by atoms with Crippen LogP contribution in [0.1, 0.15) is 10.4 Å². The van der Waals surface area contributed by atoms with E-state index < -0.39 is 0 Å². The molecule has 0 amide bonds. The van der Waals surface area contributed by atoms with Crippen LogP contribution in [0.4, 0.5) is 11.8 Å². The van der Waals surface area contributed by atoms with E-state index in [4.69, 9.17) is 4.98 Å². The third-order valence-electron chi connectivity index (χ3n) is 4.15. The molecular formula is C21H20N4S. The van der Waals surface area contributed by atoms with Crippen LogP contribution in [0.3, 0.4) is 0 Å². The summed E-state index contributed by atoms with van der Waals surface area (Å²) >= 11 is 1.74. The van der Waals surface area contributed by atoms with Gasteiger partial charge in [-0.2, -0.15) is 4.98 Å². The van der Waals surface area contributed by atoms with Gasteiger partial charge in [0.1, 0.15) is 5.82 Å². The number of fused-ring (bicyclic) bond motifs is 1. The highest BCUT2D eigenvalue weighted by Crippen LogP contribution is 2.23. The second-order valence-electron chi connectivity index (χ2n) is 6.01. The minimum Gasteiger partial charge on any atom is -0.364 e. The molecule has 0 aliphatic rings. The maximum Gasteiger partial charge on any atom is 0.225 e. The van der Waals surface area contributed by atoms with Gasteiger partial charge in [-0.25, -0.2) is 4.98 Å². The minimum absolute atomic E-state index is 0.660. The molecule has 0 saturated heterocycles. The first-order valence-electron chi connectivity index (χ1n) is 8.69. The molecule has 0 unspecified atom stereocenters. The molecule has 4 rings (SSSR count). The summed E-state index contributed by atoms with van der Waals surface area (Å²) in [6.45, 7) is 1.56. The Kier molecular flexibility index (Phi) is 5.07. The van der Waals surface area contributed by atoms with E-state index in [9.17, 15) is 0 Å². The summed E-state index contributed by atoms with van der Waals surface area (Å²) in [5.41, 5.74) is 2.25. The average Bonchev–Trinajstić information content (AvgIpc) is 3.20. The molecule has 130 valence electrons. The smallest absolute Gasteiger partial charge is 0.225 e. The Hall–Kier alpha value is -2.92. The van der Waals surface area contributed by atoms with Crippen molar-refractivity contribution in [3.05, 3.63) is 82.6 Å². The van der Waals surface area contributed by atoms with Crippen molar-refractivity contribution in [3.63, 3.8) is 0 Å². The van der Waals surface area contributed by atoms with Gasteiger partial charge in [0.15, 0.2) is 0 Å². The fourth-order valence-corrected chi connectivity index (χ4v) is 3.48. The van der Waals surface area contributed by atoms with Crippen molar-refractivity contribution in [2.45, 2.75) is 13.0 Å². The number of thiophene rings is 1. The van der Waals surface area contributed by atoms with E-state index in [0.29, 0.717) is 5.95 Å². The molecule has 2 aromatic carbocycles. The van der Waals surface area contributed by atoms with Gasteiger partial charge in [0, 0.05) is 16.8 Å². The van der Waals surface area contributed by atoms with Crippen LogP contribution >= 0.6 is 11.3 Å². The number of nitrogens with zero attached hydrogens (tertiary/aromatic N) is 2.